The second-order valence-electron chi connectivity index (χ2n) is 4.44. The average molecular weight is 268 g/mol. The summed E-state index contributed by atoms with van der Waals surface area (Å²) in [6, 6.07) is 13.6. The van der Waals surface area contributed by atoms with Crippen LogP contribution >= 0.6 is 0 Å². The Balaban J connectivity index is 2.29. The summed E-state index contributed by atoms with van der Waals surface area (Å²) in [4.78, 5) is 10.4. The van der Waals surface area contributed by atoms with Crippen LogP contribution in [0.25, 0.3) is 0 Å². The molecule has 1 heterocycles. The predicted molar refractivity (Wildman–Crippen MR) is 76.1 cm³/mol. The van der Waals surface area contributed by atoms with Crippen molar-refractivity contribution in [3.8, 4) is 6.07 Å². The van der Waals surface area contributed by atoms with Crippen LogP contribution in [0.5, 0.6) is 0 Å². The molecule has 0 aliphatic heterocycles. The first-order valence-corrected chi connectivity index (χ1v) is 6.38. The number of anilines is 1. The molecule has 1 N–H and O–H groups in total. The summed E-state index contributed by atoms with van der Waals surface area (Å²) in [5.74, 6) is 0.472. The average Bonchev–Trinajstić information content (AvgIpc) is 2.47. The number of hydrogen-bond acceptors (Lipinski definition) is 5. The van der Waals surface area contributed by atoms with E-state index in [0.717, 1.165) is 11.3 Å². The molecule has 2 rings (SSSR count). The van der Waals surface area contributed by atoms with Crippen molar-refractivity contribution in [3.63, 3.8) is 0 Å². The summed E-state index contributed by atoms with van der Waals surface area (Å²) in [5, 5.41) is 18.2. The maximum absolute atomic E-state index is 9.21. The van der Waals surface area contributed by atoms with Gasteiger partial charge in [0.15, 0.2) is 0 Å². The van der Waals surface area contributed by atoms with Crippen molar-refractivity contribution in [2.75, 3.05) is 18.1 Å². The van der Waals surface area contributed by atoms with Gasteiger partial charge in [0.2, 0.25) is 5.95 Å². The van der Waals surface area contributed by atoms with Crippen LogP contribution in [0, 0.1) is 18.3 Å². The summed E-state index contributed by atoms with van der Waals surface area (Å²) < 4.78 is 0. The van der Waals surface area contributed by atoms with Crippen molar-refractivity contribution in [1.82, 2.24) is 9.97 Å². The van der Waals surface area contributed by atoms with Crippen molar-refractivity contribution < 1.29 is 5.11 Å². The number of aromatic nitrogens is 2. The zero-order valence-corrected chi connectivity index (χ0v) is 11.3. The van der Waals surface area contributed by atoms with E-state index < -0.39 is 0 Å². The molecular formula is C15H16N4O. The third kappa shape index (κ3) is 3.53. The number of aliphatic hydroxyl groups excluding tert-OH is 1. The number of aryl methyl sites for hydroxylation is 1. The minimum Gasteiger partial charge on any atom is -0.395 e. The Kier molecular flexibility index (Phi) is 4.64. The lowest BCUT2D eigenvalue weighted by Crippen LogP contribution is -2.28. The van der Waals surface area contributed by atoms with E-state index in [-0.39, 0.29) is 6.61 Å². The fourth-order valence-corrected chi connectivity index (χ4v) is 1.93. The number of nitriles is 1. The van der Waals surface area contributed by atoms with Crippen molar-refractivity contribution in [2.24, 2.45) is 0 Å². The number of nitrogens with zero attached hydrogens (tertiary/aromatic N) is 4. The Morgan fingerprint density at radius 3 is 2.65 bits per heavy atom. The number of aliphatic hydroxyl groups is 1. The highest BCUT2D eigenvalue weighted by Crippen LogP contribution is 2.13. The molecule has 0 saturated carbocycles. The van der Waals surface area contributed by atoms with E-state index in [0.29, 0.717) is 24.7 Å². The minimum atomic E-state index is 0.00597. The highest BCUT2D eigenvalue weighted by Gasteiger charge is 2.11. The molecule has 5 heteroatoms. The van der Waals surface area contributed by atoms with Gasteiger partial charge in [-0.2, -0.15) is 5.26 Å². The van der Waals surface area contributed by atoms with Crippen LogP contribution < -0.4 is 4.90 Å². The fraction of sp³-hybridized carbons (Fsp3) is 0.267. The molecule has 0 atom stereocenters. The molecule has 1 aromatic heterocycles. The number of rotatable bonds is 5. The van der Waals surface area contributed by atoms with E-state index in [9.17, 15) is 5.11 Å². The van der Waals surface area contributed by atoms with E-state index in [2.05, 4.69) is 9.97 Å². The molecule has 102 valence electrons. The smallest absolute Gasteiger partial charge is 0.227 e. The Labute approximate surface area is 118 Å². The topological polar surface area (TPSA) is 73.0 Å². The van der Waals surface area contributed by atoms with Gasteiger partial charge in [-0.3, -0.25) is 0 Å². The molecule has 0 spiro atoms. The summed E-state index contributed by atoms with van der Waals surface area (Å²) >= 11 is 0. The van der Waals surface area contributed by atoms with Crippen molar-refractivity contribution in [2.45, 2.75) is 13.5 Å². The largest absolute Gasteiger partial charge is 0.395 e. The first-order chi connectivity index (χ1) is 9.72. The van der Waals surface area contributed by atoms with Gasteiger partial charge < -0.3 is 10.0 Å². The third-order valence-electron chi connectivity index (χ3n) is 2.83. The van der Waals surface area contributed by atoms with Gasteiger partial charge in [0.25, 0.3) is 0 Å². The summed E-state index contributed by atoms with van der Waals surface area (Å²) in [6.45, 7) is 2.84. The van der Waals surface area contributed by atoms with E-state index in [1.165, 1.54) is 0 Å². The molecule has 0 aliphatic rings. The Morgan fingerprint density at radius 1 is 1.25 bits per heavy atom. The molecule has 0 aliphatic carbocycles. The van der Waals surface area contributed by atoms with Crippen molar-refractivity contribution >= 4 is 5.95 Å². The highest BCUT2D eigenvalue weighted by molar-refractivity contribution is 5.37. The summed E-state index contributed by atoms with van der Waals surface area (Å²) in [7, 11) is 0. The Bertz CT molecular complexity index is 607. The zero-order chi connectivity index (χ0) is 14.4. The van der Waals surface area contributed by atoms with Crippen LogP contribution in [0.3, 0.4) is 0 Å². The molecule has 0 amide bonds. The van der Waals surface area contributed by atoms with Gasteiger partial charge in [0, 0.05) is 18.8 Å². The third-order valence-corrected chi connectivity index (χ3v) is 2.83. The summed E-state index contributed by atoms with van der Waals surface area (Å²) in [5.41, 5.74) is 2.18. The maximum atomic E-state index is 9.21. The lowest BCUT2D eigenvalue weighted by Gasteiger charge is -2.22. The van der Waals surface area contributed by atoms with Gasteiger partial charge in [-0.05, 0) is 18.6 Å². The minimum absolute atomic E-state index is 0.00597. The molecule has 20 heavy (non-hydrogen) atoms. The second-order valence-corrected chi connectivity index (χ2v) is 4.44. The first kappa shape index (κ1) is 14.0. The van der Waals surface area contributed by atoms with E-state index in [4.69, 9.17) is 5.26 Å². The quantitative estimate of drug-likeness (QED) is 0.892. The molecule has 0 radical (unpaired) electrons. The highest BCUT2D eigenvalue weighted by atomic mass is 16.3. The fourth-order valence-electron chi connectivity index (χ4n) is 1.93. The standard InChI is InChI=1S/C15H16N4O/c1-12-9-14(10-16)18-15(17-12)19(7-8-20)11-13-5-3-2-4-6-13/h2-6,9,20H,7-8,11H2,1H3. The second kappa shape index (κ2) is 6.64. The lowest BCUT2D eigenvalue weighted by atomic mass is 10.2. The van der Waals surface area contributed by atoms with Crippen LogP contribution in [0.1, 0.15) is 17.0 Å². The molecule has 5 nitrogen and oxygen atoms in total. The molecule has 2 aromatic rings. The van der Waals surface area contributed by atoms with Crippen molar-refractivity contribution in [3.05, 3.63) is 53.3 Å². The van der Waals surface area contributed by atoms with E-state index >= 15 is 0 Å². The molecular weight excluding hydrogens is 252 g/mol. The van der Waals surface area contributed by atoms with Crippen LogP contribution in [-0.2, 0) is 6.54 Å². The Morgan fingerprint density at radius 2 is 2.00 bits per heavy atom. The van der Waals surface area contributed by atoms with E-state index in [1.807, 2.05) is 48.2 Å². The van der Waals surface area contributed by atoms with Crippen LogP contribution in [0.4, 0.5) is 5.95 Å². The molecule has 0 saturated heterocycles. The van der Waals surface area contributed by atoms with Gasteiger partial charge in [0.1, 0.15) is 11.8 Å². The van der Waals surface area contributed by atoms with Crippen LogP contribution in [0.15, 0.2) is 36.4 Å². The monoisotopic (exact) mass is 268 g/mol. The SMILES string of the molecule is Cc1cc(C#N)nc(N(CCO)Cc2ccccc2)n1. The lowest BCUT2D eigenvalue weighted by molar-refractivity contribution is 0.300. The van der Waals surface area contributed by atoms with Crippen LogP contribution in [0.2, 0.25) is 0 Å². The molecule has 0 unspecified atom stereocenters. The molecule has 0 fully saturated rings. The van der Waals surface area contributed by atoms with Crippen LogP contribution in [-0.4, -0.2) is 28.2 Å². The maximum Gasteiger partial charge on any atom is 0.227 e. The Hall–Kier alpha value is -2.45. The number of benzene rings is 1. The molecule has 1 aromatic carbocycles. The van der Waals surface area contributed by atoms with Gasteiger partial charge in [0.05, 0.1) is 6.61 Å². The van der Waals surface area contributed by atoms with Gasteiger partial charge >= 0.3 is 0 Å². The van der Waals surface area contributed by atoms with Gasteiger partial charge in [-0.15, -0.1) is 0 Å². The normalized spacial score (nSPS) is 10.1. The first-order valence-electron chi connectivity index (χ1n) is 6.38. The van der Waals surface area contributed by atoms with Gasteiger partial charge in [-0.25, -0.2) is 9.97 Å². The zero-order valence-electron chi connectivity index (χ0n) is 11.3. The number of hydrogen-bond donors (Lipinski definition) is 1. The van der Waals surface area contributed by atoms with Crippen molar-refractivity contribution in [1.29, 1.82) is 5.26 Å². The van der Waals surface area contributed by atoms with Gasteiger partial charge in [-0.1, -0.05) is 30.3 Å². The van der Waals surface area contributed by atoms with E-state index in [1.54, 1.807) is 6.07 Å². The molecule has 0 bridgehead atoms. The predicted octanol–water partition coefficient (Wildman–Crippen LogP) is 1.66. The summed E-state index contributed by atoms with van der Waals surface area (Å²) in [6.07, 6.45) is 0.